The third kappa shape index (κ3) is 4.32. The van der Waals surface area contributed by atoms with Gasteiger partial charge in [0.05, 0.1) is 28.6 Å². The van der Waals surface area contributed by atoms with Crippen LogP contribution in [-0.4, -0.2) is 58.5 Å². The van der Waals surface area contributed by atoms with E-state index in [-0.39, 0.29) is 35.6 Å². The number of aromatic nitrogens is 2. The van der Waals surface area contributed by atoms with E-state index in [0.717, 1.165) is 0 Å². The minimum Gasteiger partial charge on any atom is -0.496 e. The molecule has 0 unspecified atom stereocenters. The number of carbonyl (C=O) groups is 2. The van der Waals surface area contributed by atoms with E-state index in [2.05, 4.69) is 16.5 Å². The molecule has 2 N–H and O–H groups in total. The lowest BCUT2D eigenvalue weighted by Gasteiger charge is -2.48. The summed E-state index contributed by atoms with van der Waals surface area (Å²) in [7, 11) is 1.48. The molecule has 35 heavy (non-hydrogen) atoms. The number of halogens is 2. The van der Waals surface area contributed by atoms with Gasteiger partial charge in [0.15, 0.2) is 11.6 Å². The lowest BCUT2D eigenvalue weighted by atomic mass is 9.86. The Hall–Kier alpha value is -3.92. The molecule has 0 aliphatic carbocycles. The Balaban J connectivity index is 1.89. The van der Waals surface area contributed by atoms with Crippen LogP contribution in [-0.2, 0) is 10.3 Å². The molecular weight excluding hydrogens is 477 g/mol. The molecule has 1 aliphatic rings. The first-order chi connectivity index (χ1) is 16.7. The molecule has 3 amide bonds. The number of nitrogens with two attached hydrogens (primary N) is 1. The van der Waals surface area contributed by atoms with E-state index >= 15 is 0 Å². The number of ether oxygens (including phenoxy) is 2. The second kappa shape index (κ2) is 9.38. The molecule has 182 valence electrons. The van der Waals surface area contributed by atoms with Crippen molar-refractivity contribution in [2.45, 2.75) is 12.5 Å². The third-order valence-corrected chi connectivity index (χ3v) is 6.36. The molecule has 0 bridgehead atoms. The van der Waals surface area contributed by atoms with Crippen molar-refractivity contribution in [3.05, 3.63) is 65.7 Å². The van der Waals surface area contributed by atoms with Crippen molar-refractivity contribution in [1.82, 2.24) is 19.8 Å². The van der Waals surface area contributed by atoms with Gasteiger partial charge in [-0.15, -0.1) is 0 Å². The maximum atomic E-state index is 14.5. The smallest absolute Gasteiger partial charge is 0.315 e. The van der Waals surface area contributed by atoms with Crippen LogP contribution in [0.1, 0.15) is 12.5 Å². The number of nitrogens with zero attached hydrogens (tertiary/aromatic N) is 4. The highest BCUT2D eigenvalue weighted by Crippen LogP contribution is 2.41. The Morgan fingerprint density at radius 1 is 1.26 bits per heavy atom. The van der Waals surface area contributed by atoms with Crippen molar-refractivity contribution in [2.24, 2.45) is 5.73 Å². The summed E-state index contributed by atoms with van der Waals surface area (Å²) in [6.45, 7) is 5.97. The fourth-order valence-corrected chi connectivity index (χ4v) is 4.47. The minimum absolute atomic E-state index is 0.0733. The zero-order chi connectivity index (χ0) is 25.3. The Kier molecular flexibility index (Phi) is 6.49. The molecule has 1 aliphatic heterocycles. The number of urea groups is 1. The van der Waals surface area contributed by atoms with Gasteiger partial charge in [0, 0.05) is 31.3 Å². The van der Waals surface area contributed by atoms with Gasteiger partial charge in [-0.2, -0.15) is 0 Å². The predicted molar refractivity (Wildman–Crippen MR) is 128 cm³/mol. The quantitative estimate of drug-likeness (QED) is 0.534. The average Bonchev–Trinajstić information content (AvgIpc) is 2.85. The van der Waals surface area contributed by atoms with Crippen molar-refractivity contribution in [2.75, 3.05) is 26.7 Å². The van der Waals surface area contributed by atoms with Gasteiger partial charge >= 0.3 is 6.03 Å². The SMILES string of the molecule is C=CC(=O)N1CCN(C(N)=O)[C@](C)(c2cc3c(Oc4cccc(Cl)c4F)ncnc3cc2OC)C1. The number of piperazine rings is 1. The largest absolute Gasteiger partial charge is 0.496 e. The monoisotopic (exact) mass is 499 g/mol. The van der Waals surface area contributed by atoms with Crippen LogP contribution in [0.3, 0.4) is 0 Å². The first-order valence-corrected chi connectivity index (χ1v) is 11.0. The molecule has 1 saturated heterocycles. The van der Waals surface area contributed by atoms with Gasteiger partial charge in [-0.1, -0.05) is 24.2 Å². The van der Waals surface area contributed by atoms with Crippen LogP contribution in [0.15, 0.2) is 49.3 Å². The first kappa shape index (κ1) is 24.2. The summed E-state index contributed by atoms with van der Waals surface area (Å²) < 4.78 is 25.9. The maximum Gasteiger partial charge on any atom is 0.315 e. The maximum absolute atomic E-state index is 14.5. The van der Waals surface area contributed by atoms with Crippen LogP contribution in [0.25, 0.3) is 10.9 Å². The standard InChI is InChI=1S/C24H23ClFN5O4/c1-4-20(32)30-8-9-31(23(27)33)24(2,12-30)15-10-14-17(11-19(15)34-3)28-13-29-22(14)35-18-7-5-6-16(25)21(18)26/h4-7,10-11,13H,1,8-9,12H2,2-3H3,(H2,27,33)/t24-/m0/s1. The van der Waals surface area contributed by atoms with Gasteiger partial charge in [0.25, 0.3) is 0 Å². The van der Waals surface area contributed by atoms with Gasteiger partial charge < -0.3 is 25.0 Å². The van der Waals surface area contributed by atoms with Gasteiger partial charge in [-0.05, 0) is 31.2 Å². The molecule has 1 aromatic heterocycles. The van der Waals surface area contributed by atoms with Crippen LogP contribution < -0.4 is 15.2 Å². The molecule has 2 aromatic carbocycles. The average molecular weight is 500 g/mol. The third-order valence-electron chi connectivity index (χ3n) is 6.06. The van der Waals surface area contributed by atoms with E-state index in [1.54, 1.807) is 30.0 Å². The molecule has 11 heteroatoms. The van der Waals surface area contributed by atoms with Crippen molar-refractivity contribution in [1.29, 1.82) is 0 Å². The summed E-state index contributed by atoms with van der Waals surface area (Å²) in [5.41, 5.74) is 5.65. The van der Waals surface area contributed by atoms with Gasteiger partial charge in [-0.25, -0.2) is 19.2 Å². The van der Waals surface area contributed by atoms with Gasteiger partial charge in [0.1, 0.15) is 12.1 Å². The van der Waals surface area contributed by atoms with Crippen molar-refractivity contribution < 1.29 is 23.5 Å². The van der Waals surface area contributed by atoms with Crippen LogP contribution in [0.4, 0.5) is 9.18 Å². The van der Waals surface area contributed by atoms with Crippen LogP contribution >= 0.6 is 11.6 Å². The van der Waals surface area contributed by atoms with Crippen molar-refractivity contribution in [3.8, 4) is 17.4 Å². The highest BCUT2D eigenvalue weighted by molar-refractivity contribution is 6.30. The van der Waals surface area contributed by atoms with E-state index in [9.17, 15) is 14.0 Å². The normalized spacial score (nSPS) is 17.8. The topological polar surface area (TPSA) is 111 Å². The Bertz CT molecular complexity index is 1340. The Morgan fingerprint density at radius 3 is 2.71 bits per heavy atom. The number of primary amides is 1. The predicted octanol–water partition coefficient (Wildman–Crippen LogP) is 3.85. The van der Waals surface area contributed by atoms with Crippen molar-refractivity contribution in [3.63, 3.8) is 0 Å². The number of rotatable bonds is 5. The van der Waals surface area contributed by atoms with E-state index in [0.29, 0.717) is 28.8 Å². The van der Waals surface area contributed by atoms with E-state index in [1.165, 1.54) is 36.5 Å². The first-order valence-electron chi connectivity index (χ1n) is 10.6. The Morgan fingerprint density at radius 2 is 2.03 bits per heavy atom. The molecule has 0 radical (unpaired) electrons. The van der Waals surface area contributed by atoms with Crippen LogP contribution in [0.2, 0.25) is 5.02 Å². The number of hydrogen-bond acceptors (Lipinski definition) is 6. The highest BCUT2D eigenvalue weighted by atomic mass is 35.5. The van der Waals surface area contributed by atoms with Crippen LogP contribution in [0.5, 0.6) is 17.4 Å². The van der Waals surface area contributed by atoms with Crippen molar-refractivity contribution >= 4 is 34.4 Å². The number of benzene rings is 2. The number of hydrogen-bond donors (Lipinski definition) is 1. The molecule has 1 atom stereocenters. The molecular formula is C24H23ClFN5O4. The molecule has 0 spiro atoms. The molecule has 3 aromatic rings. The summed E-state index contributed by atoms with van der Waals surface area (Å²) in [5.74, 6) is -0.626. The second-order valence-corrected chi connectivity index (χ2v) is 8.54. The second-order valence-electron chi connectivity index (χ2n) is 8.13. The van der Waals surface area contributed by atoms with Gasteiger partial charge in [-0.3, -0.25) is 4.79 Å². The number of carbonyl (C=O) groups excluding carboxylic acids is 2. The zero-order valence-electron chi connectivity index (χ0n) is 19.1. The number of fused-ring (bicyclic) bond motifs is 1. The van der Waals surface area contributed by atoms with E-state index in [4.69, 9.17) is 26.8 Å². The zero-order valence-corrected chi connectivity index (χ0v) is 19.9. The molecule has 2 heterocycles. The fourth-order valence-electron chi connectivity index (χ4n) is 4.30. The summed E-state index contributed by atoms with van der Waals surface area (Å²) in [4.78, 5) is 36.3. The summed E-state index contributed by atoms with van der Waals surface area (Å²) in [6.07, 6.45) is 2.50. The molecule has 1 fully saturated rings. The van der Waals surface area contributed by atoms with E-state index < -0.39 is 17.4 Å². The summed E-state index contributed by atoms with van der Waals surface area (Å²) in [5, 5.41) is 0.336. The van der Waals surface area contributed by atoms with E-state index in [1.807, 2.05) is 0 Å². The van der Waals surface area contributed by atoms with Gasteiger partial charge in [0.2, 0.25) is 11.8 Å². The number of methoxy groups -OCH3 is 1. The molecule has 0 saturated carbocycles. The van der Waals surface area contributed by atoms with Crippen LogP contribution in [0, 0.1) is 5.82 Å². The lowest BCUT2D eigenvalue weighted by molar-refractivity contribution is -0.130. The molecule has 9 nitrogen and oxygen atoms in total. The highest BCUT2D eigenvalue weighted by Gasteiger charge is 2.44. The number of amides is 3. The molecule has 4 rings (SSSR count). The fraction of sp³-hybridized carbons (Fsp3) is 0.250. The summed E-state index contributed by atoms with van der Waals surface area (Å²) >= 11 is 5.89. The Labute approximate surface area is 205 Å². The lowest BCUT2D eigenvalue weighted by Crippen LogP contribution is -2.62. The minimum atomic E-state index is -1.07. The summed E-state index contributed by atoms with van der Waals surface area (Å²) in [6, 6.07) is 7.09.